The maximum Gasteiger partial charge on any atom is 0.255 e. The van der Waals surface area contributed by atoms with Gasteiger partial charge in [-0.15, -0.1) is 10.2 Å². The van der Waals surface area contributed by atoms with Crippen molar-refractivity contribution >= 4 is 17.2 Å². The van der Waals surface area contributed by atoms with Crippen LogP contribution in [0.4, 0.5) is 0 Å². The zero-order chi connectivity index (χ0) is 15.7. The van der Waals surface area contributed by atoms with Crippen LogP contribution < -0.4 is 0 Å². The molecule has 0 spiro atoms. The van der Waals surface area contributed by atoms with Gasteiger partial charge in [-0.2, -0.15) is 11.3 Å². The average Bonchev–Trinajstić information content (AvgIpc) is 3.15. The smallest absolute Gasteiger partial charge is 0.255 e. The molecule has 1 fully saturated rings. The van der Waals surface area contributed by atoms with Crippen LogP contribution in [0.15, 0.2) is 15.2 Å². The highest BCUT2D eigenvalue weighted by Crippen LogP contribution is 2.28. The second-order valence-corrected chi connectivity index (χ2v) is 6.43. The largest absolute Gasteiger partial charge is 0.423 e. The van der Waals surface area contributed by atoms with Crippen molar-refractivity contribution in [2.24, 2.45) is 0 Å². The summed E-state index contributed by atoms with van der Waals surface area (Å²) >= 11 is 1.53. The number of hydrogen-bond acceptors (Lipinski definition) is 6. The van der Waals surface area contributed by atoms with E-state index in [1.807, 2.05) is 31.5 Å². The van der Waals surface area contributed by atoms with E-state index in [2.05, 4.69) is 10.2 Å². The van der Waals surface area contributed by atoms with Crippen molar-refractivity contribution in [3.8, 4) is 0 Å². The third-order valence-electron chi connectivity index (χ3n) is 3.71. The molecular formula is C15H19N3O3S. The number of thiophene rings is 1. The number of amides is 1. The minimum absolute atomic E-state index is 0.00338. The fraction of sp³-hybridized carbons (Fsp3) is 0.533. The number of aryl methyl sites for hydroxylation is 1. The highest BCUT2D eigenvalue weighted by Gasteiger charge is 2.34. The summed E-state index contributed by atoms with van der Waals surface area (Å²) in [5, 5.41) is 12.0. The fourth-order valence-corrected chi connectivity index (χ4v) is 3.22. The van der Waals surface area contributed by atoms with Gasteiger partial charge in [-0.05, 0) is 17.9 Å². The highest BCUT2D eigenvalue weighted by atomic mass is 32.1. The molecule has 0 saturated carbocycles. The molecular weight excluding hydrogens is 302 g/mol. The minimum Gasteiger partial charge on any atom is -0.423 e. The highest BCUT2D eigenvalue weighted by molar-refractivity contribution is 7.08. The van der Waals surface area contributed by atoms with Gasteiger partial charge < -0.3 is 14.1 Å². The van der Waals surface area contributed by atoms with E-state index in [0.717, 1.165) is 11.1 Å². The molecule has 22 heavy (non-hydrogen) atoms. The monoisotopic (exact) mass is 321 g/mol. The van der Waals surface area contributed by atoms with Crippen molar-refractivity contribution in [3.63, 3.8) is 0 Å². The Morgan fingerprint density at radius 3 is 2.86 bits per heavy atom. The summed E-state index contributed by atoms with van der Waals surface area (Å²) in [6.07, 6.45) is 0. The van der Waals surface area contributed by atoms with Gasteiger partial charge in [0.15, 0.2) is 0 Å². The number of carbonyl (C=O) groups is 1. The van der Waals surface area contributed by atoms with Gasteiger partial charge in [-0.1, -0.05) is 13.8 Å². The number of nitrogens with zero attached hydrogens (tertiary/aromatic N) is 3. The molecule has 0 aromatic carbocycles. The van der Waals surface area contributed by atoms with Crippen molar-refractivity contribution in [1.29, 1.82) is 0 Å². The van der Waals surface area contributed by atoms with Crippen molar-refractivity contribution < 1.29 is 13.9 Å². The molecule has 1 saturated heterocycles. The molecule has 0 N–H and O–H groups in total. The zero-order valence-electron chi connectivity index (χ0n) is 12.9. The van der Waals surface area contributed by atoms with Crippen molar-refractivity contribution in [1.82, 2.24) is 15.1 Å². The number of hydrogen-bond donors (Lipinski definition) is 0. The lowest BCUT2D eigenvalue weighted by Gasteiger charge is -2.33. The molecule has 7 heteroatoms. The Morgan fingerprint density at radius 2 is 2.23 bits per heavy atom. The van der Waals surface area contributed by atoms with Crippen LogP contribution in [0.5, 0.6) is 0 Å². The molecule has 1 atom stereocenters. The van der Waals surface area contributed by atoms with Crippen LogP contribution in [0.1, 0.15) is 53.5 Å². The molecule has 0 radical (unpaired) electrons. The molecule has 0 aliphatic carbocycles. The summed E-state index contributed by atoms with van der Waals surface area (Å²) in [4.78, 5) is 14.6. The number of ether oxygens (including phenoxy) is 1. The normalized spacial score (nSPS) is 18.9. The summed E-state index contributed by atoms with van der Waals surface area (Å²) in [7, 11) is 0. The minimum atomic E-state index is -0.319. The van der Waals surface area contributed by atoms with Gasteiger partial charge in [0, 0.05) is 17.8 Å². The van der Waals surface area contributed by atoms with Gasteiger partial charge >= 0.3 is 0 Å². The molecule has 0 bridgehead atoms. The number of aromatic nitrogens is 2. The van der Waals surface area contributed by atoms with Gasteiger partial charge in [0.25, 0.3) is 5.91 Å². The first-order chi connectivity index (χ1) is 10.6. The molecule has 1 aliphatic rings. The number of morpholine rings is 1. The van der Waals surface area contributed by atoms with Crippen LogP contribution in [0.3, 0.4) is 0 Å². The van der Waals surface area contributed by atoms with E-state index in [1.165, 1.54) is 11.3 Å². The van der Waals surface area contributed by atoms with Gasteiger partial charge in [-0.25, -0.2) is 0 Å². The van der Waals surface area contributed by atoms with Crippen molar-refractivity contribution in [2.75, 3.05) is 19.8 Å². The average molecular weight is 321 g/mol. The number of carbonyl (C=O) groups excluding carboxylic acids is 1. The molecule has 1 aliphatic heterocycles. The lowest BCUT2D eigenvalue weighted by Crippen LogP contribution is -2.43. The second kappa shape index (κ2) is 6.18. The summed E-state index contributed by atoms with van der Waals surface area (Å²) in [6, 6.07) is -0.319. The third-order valence-corrected chi connectivity index (χ3v) is 4.57. The van der Waals surface area contributed by atoms with Crippen LogP contribution >= 0.6 is 11.3 Å². The SMILES string of the molecule is Cc1cscc1C(=O)N1CCOCC1c1nnc(C(C)C)o1. The van der Waals surface area contributed by atoms with Crippen LogP contribution in [-0.4, -0.2) is 40.8 Å². The van der Waals surface area contributed by atoms with Crippen molar-refractivity contribution in [2.45, 2.75) is 32.7 Å². The quantitative estimate of drug-likeness (QED) is 0.869. The molecule has 1 unspecified atom stereocenters. The topological polar surface area (TPSA) is 68.5 Å². The first-order valence-electron chi connectivity index (χ1n) is 7.32. The molecule has 3 rings (SSSR count). The third kappa shape index (κ3) is 2.78. The molecule has 1 amide bonds. The second-order valence-electron chi connectivity index (χ2n) is 5.69. The Kier molecular flexibility index (Phi) is 4.26. The van der Waals surface area contributed by atoms with E-state index < -0.39 is 0 Å². The van der Waals surface area contributed by atoms with E-state index in [9.17, 15) is 4.79 Å². The molecule has 6 nitrogen and oxygen atoms in total. The Bertz CT molecular complexity index is 665. The Morgan fingerprint density at radius 1 is 1.41 bits per heavy atom. The zero-order valence-corrected chi connectivity index (χ0v) is 13.7. The maximum absolute atomic E-state index is 12.8. The first kappa shape index (κ1) is 15.2. The number of rotatable bonds is 3. The van der Waals surface area contributed by atoms with Gasteiger partial charge in [0.1, 0.15) is 6.04 Å². The predicted octanol–water partition coefficient (Wildman–Crippen LogP) is 2.78. The maximum atomic E-state index is 12.8. The Balaban J connectivity index is 1.87. The van der Waals surface area contributed by atoms with Gasteiger partial charge in [-0.3, -0.25) is 4.79 Å². The standard InChI is InChI=1S/C15H19N3O3S/c1-9(2)13-16-17-14(21-13)12-6-20-5-4-18(12)15(19)11-8-22-7-10(11)3/h7-9,12H,4-6H2,1-3H3. The Labute approximate surface area is 133 Å². The molecule has 118 valence electrons. The van der Waals surface area contributed by atoms with E-state index in [0.29, 0.717) is 31.5 Å². The van der Waals surface area contributed by atoms with E-state index >= 15 is 0 Å². The fourth-order valence-electron chi connectivity index (χ4n) is 2.40. The van der Waals surface area contributed by atoms with Crippen LogP contribution in [0, 0.1) is 6.92 Å². The molecule has 2 aromatic rings. The van der Waals surface area contributed by atoms with E-state index in [1.54, 1.807) is 4.90 Å². The first-order valence-corrected chi connectivity index (χ1v) is 8.27. The van der Waals surface area contributed by atoms with Crippen molar-refractivity contribution in [3.05, 3.63) is 33.7 Å². The van der Waals surface area contributed by atoms with Gasteiger partial charge in [0.05, 0.1) is 18.8 Å². The van der Waals surface area contributed by atoms with Gasteiger partial charge in [0.2, 0.25) is 11.8 Å². The lowest BCUT2D eigenvalue weighted by atomic mass is 10.1. The van der Waals surface area contributed by atoms with E-state index in [4.69, 9.17) is 9.15 Å². The predicted molar refractivity (Wildman–Crippen MR) is 82.0 cm³/mol. The summed E-state index contributed by atoms with van der Waals surface area (Å²) in [5.74, 6) is 1.19. The van der Waals surface area contributed by atoms with Crippen LogP contribution in [0.25, 0.3) is 0 Å². The van der Waals surface area contributed by atoms with E-state index in [-0.39, 0.29) is 17.9 Å². The lowest BCUT2D eigenvalue weighted by molar-refractivity contribution is -0.0107. The summed E-state index contributed by atoms with van der Waals surface area (Å²) in [5.41, 5.74) is 1.73. The summed E-state index contributed by atoms with van der Waals surface area (Å²) < 4.78 is 11.2. The summed E-state index contributed by atoms with van der Waals surface area (Å²) in [6.45, 7) is 7.37. The van der Waals surface area contributed by atoms with Crippen LogP contribution in [-0.2, 0) is 4.74 Å². The van der Waals surface area contributed by atoms with Crippen LogP contribution in [0.2, 0.25) is 0 Å². The molecule has 3 heterocycles. The Hall–Kier alpha value is -1.73. The molecule has 2 aromatic heterocycles.